The smallest absolute Gasteiger partial charge is 0.306 e. The molecule has 0 bridgehead atoms. The lowest BCUT2D eigenvalue weighted by Gasteiger charge is -2.17. The summed E-state index contributed by atoms with van der Waals surface area (Å²) in [5.74, 6) is 0.517. The van der Waals surface area contributed by atoms with Crippen molar-refractivity contribution in [3.05, 3.63) is 65.9 Å². The molecule has 1 atom stereocenters. The number of ether oxygens (including phenoxy) is 2. The van der Waals surface area contributed by atoms with Crippen LogP contribution in [0.15, 0.2) is 54.7 Å². The molecule has 1 unspecified atom stereocenters. The van der Waals surface area contributed by atoms with E-state index < -0.39 is 0 Å². The molecule has 0 aliphatic rings. The van der Waals surface area contributed by atoms with Crippen LogP contribution in [-0.4, -0.2) is 25.2 Å². The fraction of sp³-hybridized carbons (Fsp3) is 0.286. The zero-order valence-electron chi connectivity index (χ0n) is 15.2. The van der Waals surface area contributed by atoms with Crippen molar-refractivity contribution in [2.45, 2.75) is 26.2 Å². The Bertz CT molecular complexity index is 805. The zero-order chi connectivity index (χ0) is 18.2. The highest BCUT2D eigenvalue weighted by atomic mass is 16.5. The lowest BCUT2D eigenvalue weighted by Crippen LogP contribution is -2.10. The highest BCUT2D eigenvalue weighted by Gasteiger charge is 2.19. The number of hydrogen-bond acceptors (Lipinski definition) is 3. The van der Waals surface area contributed by atoms with Crippen molar-refractivity contribution in [1.29, 1.82) is 0 Å². The van der Waals surface area contributed by atoms with Crippen molar-refractivity contribution < 1.29 is 14.3 Å². The van der Waals surface area contributed by atoms with E-state index >= 15 is 0 Å². The maximum Gasteiger partial charge on any atom is 0.306 e. The van der Waals surface area contributed by atoms with Crippen LogP contribution in [0.5, 0.6) is 5.75 Å². The van der Waals surface area contributed by atoms with Crippen molar-refractivity contribution in [3.63, 3.8) is 0 Å². The van der Waals surface area contributed by atoms with Gasteiger partial charge in [0.25, 0.3) is 0 Å². The van der Waals surface area contributed by atoms with Gasteiger partial charge in [0.1, 0.15) is 5.75 Å². The minimum absolute atomic E-state index is 0.0546. The minimum Gasteiger partial charge on any atom is -0.497 e. The van der Waals surface area contributed by atoms with Crippen LogP contribution in [0.1, 0.15) is 37.3 Å². The molecule has 3 aromatic rings. The first-order valence-corrected chi connectivity index (χ1v) is 8.49. The summed E-state index contributed by atoms with van der Waals surface area (Å²) in [7, 11) is 3.06. The monoisotopic (exact) mass is 339 g/mol. The second kappa shape index (κ2) is 8.92. The molecule has 4 heteroatoms. The zero-order valence-corrected chi connectivity index (χ0v) is 15.2. The molecule has 0 spiro atoms. The number of aromatic nitrogens is 1. The fourth-order valence-corrected chi connectivity index (χ4v) is 2.80. The first-order chi connectivity index (χ1) is 12.2. The molecule has 0 radical (unpaired) electrons. The van der Waals surface area contributed by atoms with Crippen LogP contribution in [0.4, 0.5) is 0 Å². The van der Waals surface area contributed by atoms with E-state index in [-0.39, 0.29) is 11.9 Å². The predicted octanol–water partition coefficient (Wildman–Crippen LogP) is 4.90. The van der Waals surface area contributed by atoms with Gasteiger partial charge in [-0.1, -0.05) is 38.1 Å². The number of fused-ring (bicyclic) bond motifs is 1. The van der Waals surface area contributed by atoms with Gasteiger partial charge in [0.05, 0.1) is 20.6 Å². The van der Waals surface area contributed by atoms with E-state index in [2.05, 4.69) is 23.2 Å². The Morgan fingerprint density at radius 2 is 1.68 bits per heavy atom. The van der Waals surface area contributed by atoms with E-state index in [1.165, 1.54) is 7.11 Å². The van der Waals surface area contributed by atoms with Crippen molar-refractivity contribution in [2.24, 2.45) is 0 Å². The highest BCUT2D eigenvalue weighted by Crippen LogP contribution is 2.31. The Kier molecular flexibility index (Phi) is 6.63. The van der Waals surface area contributed by atoms with Gasteiger partial charge in [0.2, 0.25) is 0 Å². The molecule has 1 heterocycles. The average Bonchev–Trinajstić information content (AvgIpc) is 3.15. The standard InChI is InChI=1S/C19H19NO3.C2H6/c1-22-16-7-5-13(6-8-16)17(12-19(21)23-2)15-4-3-14-9-10-20-18(14)11-15;1-2/h3-11,17,20H,12H2,1-2H3;1-2H3. The second-order valence-electron chi connectivity index (χ2n) is 5.43. The van der Waals surface area contributed by atoms with E-state index in [4.69, 9.17) is 9.47 Å². The van der Waals surface area contributed by atoms with E-state index in [9.17, 15) is 4.79 Å². The van der Waals surface area contributed by atoms with Crippen molar-refractivity contribution in [3.8, 4) is 5.75 Å². The lowest BCUT2D eigenvalue weighted by molar-refractivity contribution is -0.140. The van der Waals surface area contributed by atoms with Gasteiger partial charge in [-0.3, -0.25) is 4.79 Å². The number of carbonyl (C=O) groups is 1. The Morgan fingerprint density at radius 1 is 1.00 bits per heavy atom. The van der Waals surface area contributed by atoms with Crippen LogP contribution in [0, 0.1) is 0 Å². The quantitative estimate of drug-likeness (QED) is 0.673. The maximum atomic E-state index is 11.9. The fourth-order valence-electron chi connectivity index (χ4n) is 2.80. The van der Waals surface area contributed by atoms with Crippen molar-refractivity contribution >= 4 is 16.9 Å². The van der Waals surface area contributed by atoms with E-state index in [1.54, 1.807) is 7.11 Å². The molecule has 0 saturated heterocycles. The van der Waals surface area contributed by atoms with Crippen LogP contribution >= 0.6 is 0 Å². The number of methoxy groups -OCH3 is 2. The maximum absolute atomic E-state index is 11.9. The SMILES string of the molecule is CC.COC(=O)CC(c1ccc(OC)cc1)c1ccc2cc[nH]c2c1. The summed E-state index contributed by atoms with van der Waals surface area (Å²) in [5, 5.41) is 1.15. The summed E-state index contributed by atoms with van der Waals surface area (Å²) in [6.07, 6.45) is 2.21. The van der Waals surface area contributed by atoms with Gasteiger partial charge in [0, 0.05) is 17.6 Å². The number of rotatable bonds is 5. The van der Waals surface area contributed by atoms with E-state index in [0.29, 0.717) is 6.42 Å². The van der Waals surface area contributed by atoms with Crippen LogP contribution in [0.2, 0.25) is 0 Å². The summed E-state index contributed by atoms with van der Waals surface area (Å²) in [6, 6.07) is 16.0. The first-order valence-electron chi connectivity index (χ1n) is 8.49. The molecule has 0 amide bonds. The minimum atomic E-state index is -0.225. The van der Waals surface area contributed by atoms with Gasteiger partial charge in [0.15, 0.2) is 0 Å². The summed E-state index contributed by atoms with van der Waals surface area (Å²) < 4.78 is 10.1. The Labute approximate surface area is 148 Å². The molecule has 3 rings (SSSR count). The third kappa shape index (κ3) is 4.41. The number of nitrogens with one attached hydrogen (secondary N) is 1. The van der Waals surface area contributed by atoms with Gasteiger partial charge in [-0.25, -0.2) is 0 Å². The van der Waals surface area contributed by atoms with Gasteiger partial charge < -0.3 is 14.5 Å². The largest absolute Gasteiger partial charge is 0.497 e. The van der Waals surface area contributed by atoms with Gasteiger partial charge >= 0.3 is 5.97 Å². The van der Waals surface area contributed by atoms with Gasteiger partial charge in [-0.15, -0.1) is 0 Å². The van der Waals surface area contributed by atoms with Crippen molar-refractivity contribution in [1.82, 2.24) is 4.98 Å². The molecule has 132 valence electrons. The van der Waals surface area contributed by atoms with Crippen LogP contribution in [-0.2, 0) is 9.53 Å². The number of benzene rings is 2. The van der Waals surface area contributed by atoms with E-state index in [1.807, 2.05) is 50.4 Å². The molecule has 0 fully saturated rings. The Morgan fingerprint density at radius 3 is 2.32 bits per heavy atom. The third-order valence-electron chi connectivity index (χ3n) is 4.10. The van der Waals surface area contributed by atoms with Crippen LogP contribution in [0.3, 0.4) is 0 Å². The molecule has 0 saturated carbocycles. The molecule has 0 aliphatic heterocycles. The van der Waals surface area contributed by atoms with E-state index in [0.717, 1.165) is 27.8 Å². The molecule has 25 heavy (non-hydrogen) atoms. The molecular formula is C21H25NO3. The molecule has 4 nitrogen and oxygen atoms in total. The lowest BCUT2D eigenvalue weighted by atomic mass is 9.88. The Balaban J connectivity index is 0.00000109. The molecule has 0 aliphatic carbocycles. The van der Waals surface area contributed by atoms with Crippen LogP contribution in [0.25, 0.3) is 10.9 Å². The normalized spacial score (nSPS) is 11.4. The number of aromatic amines is 1. The molecule has 1 aromatic heterocycles. The molecular weight excluding hydrogens is 314 g/mol. The van der Waals surface area contributed by atoms with Crippen LogP contribution < -0.4 is 4.74 Å². The van der Waals surface area contributed by atoms with Crippen molar-refractivity contribution in [2.75, 3.05) is 14.2 Å². The topological polar surface area (TPSA) is 51.3 Å². The summed E-state index contributed by atoms with van der Waals surface area (Å²) in [4.78, 5) is 15.1. The number of hydrogen-bond donors (Lipinski definition) is 1. The van der Waals surface area contributed by atoms with Gasteiger partial charge in [-0.2, -0.15) is 0 Å². The molecule has 1 N–H and O–H groups in total. The summed E-state index contributed by atoms with van der Waals surface area (Å²) >= 11 is 0. The Hall–Kier alpha value is -2.75. The second-order valence-corrected chi connectivity index (χ2v) is 5.43. The number of H-pyrrole nitrogens is 1. The van der Waals surface area contributed by atoms with Gasteiger partial charge in [-0.05, 0) is 40.8 Å². The third-order valence-corrected chi connectivity index (χ3v) is 4.10. The molecule has 2 aromatic carbocycles. The number of carbonyl (C=O) groups excluding carboxylic acids is 1. The first kappa shape index (κ1) is 18.6. The predicted molar refractivity (Wildman–Crippen MR) is 101 cm³/mol. The summed E-state index contributed by atoms with van der Waals surface area (Å²) in [5.41, 5.74) is 3.20. The number of esters is 1. The highest BCUT2D eigenvalue weighted by molar-refractivity contribution is 5.80. The average molecular weight is 339 g/mol. The summed E-state index contributed by atoms with van der Waals surface area (Å²) in [6.45, 7) is 4.00.